The minimum Gasteiger partial charge on any atom is -0.455 e. The average Bonchev–Trinajstić information content (AvgIpc) is 3.15. The van der Waals surface area contributed by atoms with E-state index in [1.807, 2.05) is 6.20 Å². The van der Waals surface area contributed by atoms with Crippen LogP contribution >= 0.6 is 0 Å². The minimum atomic E-state index is 0.259. The van der Waals surface area contributed by atoms with Crippen LogP contribution in [-0.4, -0.2) is 12.8 Å². The van der Waals surface area contributed by atoms with E-state index in [-0.39, 0.29) is 5.31 Å². The molecule has 0 amide bonds. The van der Waals surface area contributed by atoms with Crippen molar-refractivity contribution in [1.82, 2.24) is 4.98 Å². The highest BCUT2D eigenvalue weighted by atomic mass is 16.3. The van der Waals surface area contributed by atoms with Gasteiger partial charge in [-0.15, -0.1) is 0 Å². The maximum absolute atomic E-state index is 6.42. The number of para-hydroxylation sites is 1. The Kier molecular flexibility index (Phi) is 3.99. The van der Waals surface area contributed by atoms with Crippen LogP contribution in [0.25, 0.3) is 44.0 Å². The molecule has 2 aromatic heterocycles. The van der Waals surface area contributed by atoms with Gasteiger partial charge in [-0.05, 0) is 52.0 Å². The fourth-order valence-electron chi connectivity index (χ4n) is 5.26. The van der Waals surface area contributed by atoms with Crippen LogP contribution in [0.3, 0.4) is 0 Å². The average molecular weight is 389 g/mol. The Balaban J connectivity index is 1.54. The third-order valence-corrected chi connectivity index (χ3v) is 7.06. The van der Waals surface area contributed by atoms with Crippen LogP contribution in [0, 0.1) is 0 Å². The summed E-state index contributed by atoms with van der Waals surface area (Å²) in [5.74, 6) is 0. The third-order valence-electron chi connectivity index (χ3n) is 7.06. The van der Waals surface area contributed by atoms with Crippen molar-refractivity contribution >= 4 is 40.6 Å². The zero-order valence-electron chi connectivity index (χ0n) is 17.3. The van der Waals surface area contributed by atoms with Gasteiger partial charge in [-0.25, -0.2) is 0 Å². The SMILES string of the molecule is BC1(c2ccnc(-c3cccc4c3oc3cc5ccccc5cc34)c2)CCCCC1. The Morgan fingerprint density at radius 2 is 1.60 bits per heavy atom. The van der Waals surface area contributed by atoms with Gasteiger partial charge in [-0.1, -0.05) is 68.5 Å². The first kappa shape index (κ1) is 17.8. The summed E-state index contributed by atoms with van der Waals surface area (Å²) in [5, 5.41) is 5.03. The van der Waals surface area contributed by atoms with Crippen LogP contribution in [0.5, 0.6) is 0 Å². The second-order valence-electron chi connectivity index (χ2n) is 9.03. The maximum Gasteiger partial charge on any atom is 0.144 e. The topological polar surface area (TPSA) is 26.0 Å². The van der Waals surface area contributed by atoms with Crippen molar-refractivity contribution in [2.75, 3.05) is 0 Å². The number of nitrogens with zero attached hydrogens (tertiary/aromatic N) is 1. The molecular formula is C27H24BNO. The molecule has 0 saturated heterocycles. The molecule has 0 aliphatic heterocycles. The lowest BCUT2D eigenvalue weighted by molar-refractivity contribution is 0.398. The Labute approximate surface area is 177 Å². The number of furan rings is 1. The first-order valence-electron chi connectivity index (χ1n) is 11.0. The highest BCUT2D eigenvalue weighted by Gasteiger charge is 2.29. The molecule has 0 radical (unpaired) electrons. The molecule has 0 atom stereocenters. The number of hydrogen-bond donors (Lipinski definition) is 0. The molecule has 3 aromatic carbocycles. The number of aromatic nitrogens is 1. The van der Waals surface area contributed by atoms with Gasteiger partial charge in [0.15, 0.2) is 0 Å². The smallest absolute Gasteiger partial charge is 0.144 e. The maximum atomic E-state index is 6.42. The molecule has 0 bridgehead atoms. The highest BCUT2D eigenvalue weighted by molar-refractivity contribution is 6.16. The monoisotopic (exact) mass is 389 g/mol. The predicted octanol–water partition coefficient (Wildman–Crippen LogP) is 6.59. The first-order valence-corrected chi connectivity index (χ1v) is 11.0. The molecule has 1 aliphatic carbocycles. The fraction of sp³-hybridized carbons (Fsp3) is 0.222. The number of pyridine rings is 1. The number of rotatable bonds is 2. The summed E-state index contributed by atoms with van der Waals surface area (Å²) in [5.41, 5.74) is 5.36. The lowest BCUT2D eigenvalue weighted by atomic mass is 9.57. The van der Waals surface area contributed by atoms with E-state index < -0.39 is 0 Å². The standard InChI is InChI=1S/C27H24BNO/c28-27(12-4-1-5-13-27)20-11-14-29-24(17-20)22-10-6-9-21-23-15-18-7-2-3-8-19(18)16-25(23)30-26(21)22/h2-3,6-11,14-17H,1,4-5,12-13,28H2. The second-order valence-corrected chi connectivity index (χ2v) is 9.03. The highest BCUT2D eigenvalue weighted by Crippen LogP contribution is 2.40. The zero-order chi connectivity index (χ0) is 20.1. The van der Waals surface area contributed by atoms with Gasteiger partial charge in [0.2, 0.25) is 0 Å². The third kappa shape index (κ3) is 2.76. The predicted molar refractivity (Wildman–Crippen MR) is 128 cm³/mol. The molecule has 3 heteroatoms. The zero-order valence-corrected chi connectivity index (χ0v) is 17.3. The molecule has 5 aromatic rings. The van der Waals surface area contributed by atoms with Crippen molar-refractivity contribution in [3.63, 3.8) is 0 Å². The Morgan fingerprint density at radius 1 is 0.800 bits per heavy atom. The van der Waals surface area contributed by atoms with Gasteiger partial charge in [0, 0.05) is 22.5 Å². The first-order chi connectivity index (χ1) is 14.7. The van der Waals surface area contributed by atoms with E-state index in [4.69, 9.17) is 9.40 Å². The van der Waals surface area contributed by atoms with Crippen molar-refractivity contribution in [3.05, 3.63) is 78.5 Å². The molecule has 0 spiro atoms. The quantitative estimate of drug-likeness (QED) is 0.318. The van der Waals surface area contributed by atoms with E-state index in [0.29, 0.717) is 0 Å². The summed E-state index contributed by atoms with van der Waals surface area (Å²) >= 11 is 0. The van der Waals surface area contributed by atoms with Crippen molar-refractivity contribution in [1.29, 1.82) is 0 Å². The van der Waals surface area contributed by atoms with E-state index in [9.17, 15) is 0 Å². The molecule has 146 valence electrons. The molecular weight excluding hydrogens is 365 g/mol. The van der Waals surface area contributed by atoms with Gasteiger partial charge in [0.1, 0.15) is 19.0 Å². The second kappa shape index (κ2) is 6.73. The Hall–Kier alpha value is -3.07. The van der Waals surface area contributed by atoms with Crippen LogP contribution in [0.15, 0.2) is 77.3 Å². The van der Waals surface area contributed by atoms with Crippen LogP contribution in [0.4, 0.5) is 0 Å². The number of fused-ring (bicyclic) bond motifs is 4. The molecule has 1 aliphatic rings. The van der Waals surface area contributed by atoms with Crippen molar-refractivity contribution in [2.24, 2.45) is 0 Å². The van der Waals surface area contributed by atoms with Gasteiger partial charge < -0.3 is 4.42 Å². The van der Waals surface area contributed by atoms with Crippen molar-refractivity contribution in [2.45, 2.75) is 37.4 Å². The van der Waals surface area contributed by atoms with Crippen molar-refractivity contribution in [3.8, 4) is 11.3 Å². The van der Waals surface area contributed by atoms with Gasteiger partial charge in [-0.3, -0.25) is 4.98 Å². The number of benzene rings is 3. The summed E-state index contributed by atoms with van der Waals surface area (Å²) in [4.78, 5) is 4.75. The van der Waals surface area contributed by atoms with E-state index in [1.165, 1.54) is 53.8 Å². The molecule has 0 N–H and O–H groups in total. The summed E-state index contributed by atoms with van der Waals surface area (Å²) < 4.78 is 6.42. The molecule has 1 saturated carbocycles. The van der Waals surface area contributed by atoms with Crippen LogP contribution in [0.1, 0.15) is 37.7 Å². The molecule has 2 heterocycles. The Morgan fingerprint density at radius 3 is 2.43 bits per heavy atom. The Bertz CT molecular complexity index is 1390. The van der Waals surface area contributed by atoms with Gasteiger partial charge in [-0.2, -0.15) is 0 Å². The van der Waals surface area contributed by atoms with Crippen molar-refractivity contribution < 1.29 is 4.42 Å². The lowest BCUT2D eigenvalue weighted by Crippen LogP contribution is -2.29. The van der Waals surface area contributed by atoms with Crippen LogP contribution in [-0.2, 0) is 5.31 Å². The summed E-state index contributed by atoms with van der Waals surface area (Å²) in [6.07, 6.45) is 8.50. The fourth-order valence-corrected chi connectivity index (χ4v) is 5.26. The minimum absolute atomic E-state index is 0.259. The van der Waals surface area contributed by atoms with Gasteiger partial charge >= 0.3 is 0 Å². The van der Waals surface area contributed by atoms with Gasteiger partial charge in [0.25, 0.3) is 0 Å². The van der Waals surface area contributed by atoms with E-state index in [0.717, 1.165) is 27.8 Å². The van der Waals surface area contributed by atoms with Crippen LogP contribution < -0.4 is 0 Å². The van der Waals surface area contributed by atoms with Gasteiger partial charge in [0.05, 0.1) is 5.69 Å². The lowest BCUT2D eigenvalue weighted by Gasteiger charge is -2.34. The normalized spacial score (nSPS) is 16.4. The number of hydrogen-bond acceptors (Lipinski definition) is 2. The van der Waals surface area contributed by atoms with Crippen LogP contribution in [0.2, 0.25) is 0 Å². The molecule has 1 fully saturated rings. The van der Waals surface area contributed by atoms with E-state index >= 15 is 0 Å². The van der Waals surface area contributed by atoms with E-state index in [2.05, 4.69) is 74.6 Å². The van der Waals surface area contributed by atoms with E-state index in [1.54, 1.807) is 0 Å². The summed E-state index contributed by atoms with van der Waals surface area (Å²) in [6.45, 7) is 0. The summed E-state index contributed by atoms with van der Waals surface area (Å²) in [7, 11) is 2.42. The largest absolute Gasteiger partial charge is 0.455 e. The molecule has 0 unspecified atom stereocenters. The molecule has 2 nitrogen and oxygen atoms in total. The summed E-state index contributed by atoms with van der Waals surface area (Å²) in [6, 6.07) is 23.8. The molecule has 6 rings (SSSR count). The molecule has 30 heavy (non-hydrogen) atoms.